The van der Waals surface area contributed by atoms with E-state index in [0.29, 0.717) is 16.1 Å². The first kappa shape index (κ1) is 22.3. The standard InChI is InChI=1S/C19H16ClF3N4O4/c1-2-11(8-30-10-28)15-18(31-9-24-15)26-17(29)14-7-25-27(16(14)19(21,22)23)13-5-3-12(20)4-6-13/h3-7,9-11H,2,8H2,1H3,(H,26,29). The molecule has 1 unspecified atom stereocenters. The van der Waals surface area contributed by atoms with Crippen molar-refractivity contribution in [3.63, 3.8) is 0 Å². The summed E-state index contributed by atoms with van der Waals surface area (Å²) in [5.41, 5.74) is -1.64. The Labute approximate surface area is 179 Å². The molecule has 1 N–H and O–H groups in total. The van der Waals surface area contributed by atoms with E-state index in [1.165, 1.54) is 24.3 Å². The van der Waals surface area contributed by atoms with Gasteiger partial charge in [0.25, 0.3) is 12.4 Å². The molecule has 1 aromatic carbocycles. The van der Waals surface area contributed by atoms with Crippen LogP contribution >= 0.6 is 11.6 Å². The number of oxazole rings is 1. The number of hydrogen-bond acceptors (Lipinski definition) is 6. The summed E-state index contributed by atoms with van der Waals surface area (Å²) in [6.45, 7) is 2.02. The summed E-state index contributed by atoms with van der Waals surface area (Å²) in [6, 6.07) is 5.51. The van der Waals surface area contributed by atoms with Gasteiger partial charge in [-0.15, -0.1) is 0 Å². The maximum Gasteiger partial charge on any atom is 0.434 e. The molecule has 2 heterocycles. The maximum atomic E-state index is 13.8. The van der Waals surface area contributed by atoms with Crippen molar-refractivity contribution in [2.45, 2.75) is 25.4 Å². The molecule has 0 aliphatic carbocycles. The van der Waals surface area contributed by atoms with E-state index in [-0.39, 0.29) is 30.3 Å². The number of halogens is 4. The average molecular weight is 457 g/mol. The van der Waals surface area contributed by atoms with E-state index in [4.69, 9.17) is 20.8 Å². The number of amides is 1. The molecule has 0 saturated heterocycles. The molecule has 164 valence electrons. The maximum absolute atomic E-state index is 13.8. The van der Waals surface area contributed by atoms with E-state index >= 15 is 0 Å². The Kier molecular flexibility index (Phi) is 6.64. The molecule has 31 heavy (non-hydrogen) atoms. The highest BCUT2D eigenvalue weighted by molar-refractivity contribution is 6.30. The van der Waals surface area contributed by atoms with Crippen LogP contribution in [0.3, 0.4) is 0 Å². The van der Waals surface area contributed by atoms with Crippen molar-refractivity contribution >= 4 is 29.9 Å². The zero-order valence-electron chi connectivity index (χ0n) is 16.0. The first-order chi connectivity index (χ1) is 14.8. The molecule has 0 radical (unpaired) electrons. The first-order valence-corrected chi connectivity index (χ1v) is 9.35. The molecule has 2 aromatic heterocycles. The average Bonchev–Trinajstić information content (AvgIpc) is 3.36. The Morgan fingerprint density at radius 1 is 1.35 bits per heavy atom. The number of benzene rings is 1. The molecule has 8 nitrogen and oxygen atoms in total. The number of aromatic nitrogens is 3. The van der Waals surface area contributed by atoms with Crippen LogP contribution in [0, 0.1) is 0 Å². The molecule has 3 rings (SSSR count). The van der Waals surface area contributed by atoms with Gasteiger partial charge in [-0.05, 0) is 30.7 Å². The number of nitrogens with one attached hydrogen (secondary N) is 1. The quantitative estimate of drug-likeness (QED) is 0.503. The fraction of sp³-hybridized carbons (Fsp3) is 0.263. The van der Waals surface area contributed by atoms with Crippen molar-refractivity contribution in [3.05, 3.63) is 58.8 Å². The van der Waals surface area contributed by atoms with Crippen LogP contribution in [-0.4, -0.2) is 33.8 Å². The zero-order valence-corrected chi connectivity index (χ0v) is 16.8. The van der Waals surface area contributed by atoms with Crippen LogP contribution in [-0.2, 0) is 15.7 Å². The number of ether oxygens (including phenoxy) is 1. The Bertz CT molecular complexity index is 1060. The highest BCUT2D eigenvalue weighted by atomic mass is 35.5. The zero-order chi connectivity index (χ0) is 22.6. The third-order valence-corrected chi connectivity index (χ3v) is 4.67. The fourth-order valence-corrected chi connectivity index (χ4v) is 3.05. The Morgan fingerprint density at radius 3 is 2.68 bits per heavy atom. The minimum atomic E-state index is -4.88. The molecule has 12 heteroatoms. The lowest BCUT2D eigenvalue weighted by Crippen LogP contribution is -2.21. The van der Waals surface area contributed by atoms with E-state index in [1.54, 1.807) is 6.92 Å². The van der Waals surface area contributed by atoms with Crippen molar-refractivity contribution in [1.29, 1.82) is 0 Å². The van der Waals surface area contributed by atoms with Gasteiger partial charge >= 0.3 is 6.18 Å². The normalized spacial score (nSPS) is 12.4. The summed E-state index contributed by atoms with van der Waals surface area (Å²) in [5, 5.41) is 6.37. The van der Waals surface area contributed by atoms with Gasteiger partial charge in [0.1, 0.15) is 5.69 Å². The van der Waals surface area contributed by atoms with E-state index in [0.717, 1.165) is 12.6 Å². The van der Waals surface area contributed by atoms with Gasteiger partial charge in [0.15, 0.2) is 12.1 Å². The van der Waals surface area contributed by atoms with Gasteiger partial charge in [-0.1, -0.05) is 18.5 Å². The minimum absolute atomic E-state index is 0.0301. The Hall–Kier alpha value is -3.34. The van der Waals surface area contributed by atoms with Gasteiger partial charge in [0.05, 0.1) is 24.1 Å². The van der Waals surface area contributed by atoms with Crippen LogP contribution in [0.25, 0.3) is 5.69 Å². The summed E-state index contributed by atoms with van der Waals surface area (Å²) in [6.07, 6.45) is -2.55. The smallest absolute Gasteiger partial charge is 0.434 e. The third-order valence-electron chi connectivity index (χ3n) is 4.42. The van der Waals surface area contributed by atoms with Crippen molar-refractivity contribution in [1.82, 2.24) is 14.8 Å². The summed E-state index contributed by atoms with van der Waals surface area (Å²) in [4.78, 5) is 27.1. The molecule has 1 atom stereocenters. The van der Waals surface area contributed by atoms with Crippen LogP contribution in [0.4, 0.5) is 19.1 Å². The first-order valence-electron chi connectivity index (χ1n) is 8.97. The predicted molar refractivity (Wildman–Crippen MR) is 103 cm³/mol. The van der Waals surface area contributed by atoms with Gasteiger partial charge in [-0.2, -0.15) is 18.3 Å². The van der Waals surface area contributed by atoms with Gasteiger partial charge in [-0.3, -0.25) is 14.9 Å². The molecule has 0 fully saturated rings. The molecular formula is C19H16ClF3N4O4. The second-order valence-corrected chi connectivity index (χ2v) is 6.78. The van der Waals surface area contributed by atoms with Crippen molar-refractivity contribution in [2.75, 3.05) is 11.9 Å². The van der Waals surface area contributed by atoms with Crippen LogP contribution in [0.1, 0.15) is 41.0 Å². The largest absolute Gasteiger partial charge is 0.467 e. The van der Waals surface area contributed by atoms with E-state index < -0.39 is 29.3 Å². The van der Waals surface area contributed by atoms with E-state index in [9.17, 15) is 22.8 Å². The van der Waals surface area contributed by atoms with Crippen molar-refractivity contribution < 1.29 is 31.9 Å². The lowest BCUT2D eigenvalue weighted by molar-refractivity contribution is -0.143. The number of hydrogen-bond donors (Lipinski definition) is 1. The molecular weight excluding hydrogens is 441 g/mol. The van der Waals surface area contributed by atoms with Gasteiger partial charge in [0.2, 0.25) is 5.88 Å². The second kappa shape index (κ2) is 9.21. The fourth-order valence-electron chi connectivity index (χ4n) is 2.92. The third kappa shape index (κ3) is 4.88. The number of carbonyl (C=O) groups excluding carboxylic acids is 2. The summed E-state index contributed by atoms with van der Waals surface area (Å²) in [7, 11) is 0. The van der Waals surface area contributed by atoms with Gasteiger partial charge in [-0.25, -0.2) is 9.67 Å². The van der Waals surface area contributed by atoms with E-state index in [2.05, 4.69) is 15.4 Å². The number of nitrogens with zero attached hydrogens (tertiary/aromatic N) is 3. The van der Waals surface area contributed by atoms with Crippen LogP contribution in [0.5, 0.6) is 0 Å². The summed E-state index contributed by atoms with van der Waals surface area (Å²) in [5.74, 6) is -1.64. The molecule has 0 saturated carbocycles. The Morgan fingerprint density at radius 2 is 2.06 bits per heavy atom. The van der Waals surface area contributed by atoms with Gasteiger partial charge < -0.3 is 9.15 Å². The van der Waals surface area contributed by atoms with Crippen molar-refractivity contribution in [2.24, 2.45) is 0 Å². The van der Waals surface area contributed by atoms with Crippen LogP contribution in [0.15, 0.2) is 41.3 Å². The molecule has 0 bridgehead atoms. The van der Waals surface area contributed by atoms with Gasteiger partial charge in [0, 0.05) is 10.9 Å². The number of anilines is 1. The second-order valence-electron chi connectivity index (χ2n) is 6.35. The monoisotopic (exact) mass is 456 g/mol. The molecule has 0 aliphatic heterocycles. The number of carbonyl (C=O) groups is 2. The lowest BCUT2D eigenvalue weighted by Gasteiger charge is -2.14. The van der Waals surface area contributed by atoms with Crippen molar-refractivity contribution in [3.8, 4) is 5.69 Å². The number of alkyl halides is 3. The Balaban J connectivity index is 1.94. The summed E-state index contributed by atoms with van der Waals surface area (Å²) >= 11 is 5.79. The summed E-state index contributed by atoms with van der Waals surface area (Å²) < 4.78 is 51.9. The topological polar surface area (TPSA) is 99.2 Å². The van der Waals surface area contributed by atoms with Crippen LogP contribution < -0.4 is 5.32 Å². The van der Waals surface area contributed by atoms with Crippen LogP contribution in [0.2, 0.25) is 5.02 Å². The molecule has 0 aliphatic rings. The number of rotatable bonds is 8. The highest BCUT2D eigenvalue weighted by Crippen LogP contribution is 2.35. The SMILES string of the molecule is CCC(COC=O)c1ncoc1NC(=O)c1cnn(-c2ccc(Cl)cc2)c1C(F)(F)F. The van der Waals surface area contributed by atoms with E-state index in [1.807, 2.05) is 0 Å². The molecule has 3 aromatic rings. The molecule has 1 amide bonds. The highest BCUT2D eigenvalue weighted by Gasteiger charge is 2.41. The molecule has 0 spiro atoms. The predicted octanol–water partition coefficient (Wildman–Crippen LogP) is 4.45. The lowest BCUT2D eigenvalue weighted by atomic mass is 10.0. The minimum Gasteiger partial charge on any atom is -0.467 e.